The zero-order valence-electron chi connectivity index (χ0n) is 10.7. The van der Waals surface area contributed by atoms with Gasteiger partial charge in [-0.05, 0) is 43.5 Å². The molecule has 2 rings (SSSR count). The molecule has 1 aliphatic carbocycles. The molecule has 0 heterocycles. The lowest BCUT2D eigenvalue weighted by Crippen LogP contribution is -2.51. The molecule has 1 saturated carbocycles. The van der Waals surface area contributed by atoms with E-state index < -0.39 is 0 Å². The van der Waals surface area contributed by atoms with Crippen LogP contribution < -0.4 is 11.1 Å². The van der Waals surface area contributed by atoms with Crippen molar-refractivity contribution in [3.63, 3.8) is 0 Å². The lowest BCUT2D eigenvalue weighted by Gasteiger charge is -2.29. The molecule has 1 fully saturated rings. The Morgan fingerprint density at radius 1 is 1.44 bits per heavy atom. The summed E-state index contributed by atoms with van der Waals surface area (Å²) < 4.78 is 0. The highest BCUT2D eigenvalue weighted by atomic mass is 16.3. The summed E-state index contributed by atoms with van der Waals surface area (Å²) in [6.45, 7) is 2.30. The summed E-state index contributed by atoms with van der Waals surface area (Å²) in [4.78, 5) is 12.2. The van der Waals surface area contributed by atoms with E-state index in [1.807, 2.05) is 6.92 Å². The predicted molar refractivity (Wildman–Crippen MR) is 70.6 cm³/mol. The molecule has 1 aromatic rings. The van der Waals surface area contributed by atoms with Gasteiger partial charge in [-0.2, -0.15) is 0 Å². The molecule has 0 bridgehead atoms. The van der Waals surface area contributed by atoms with Crippen molar-refractivity contribution in [1.29, 1.82) is 0 Å². The number of nitrogens with one attached hydrogen (secondary N) is 1. The molecule has 0 spiro atoms. The minimum absolute atomic E-state index is 0.0974. The highest BCUT2D eigenvalue weighted by Crippen LogP contribution is 2.29. The smallest absolute Gasteiger partial charge is 0.252 e. The first-order chi connectivity index (χ1) is 8.56. The van der Waals surface area contributed by atoms with Crippen molar-refractivity contribution in [2.75, 3.05) is 6.54 Å². The Kier molecular flexibility index (Phi) is 3.57. The van der Waals surface area contributed by atoms with Crippen LogP contribution in [-0.2, 0) is 0 Å². The third-order valence-electron chi connectivity index (χ3n) is 3.78. The maximum Gasteiger partial charge on any atom is 0.252 e. The number of phenols is 1. The second-order valence-electron chi connectivity index (χ2n) is 5.14. The van der Waals surface area contributed by atoms with Crippen molar-refractivity contribution >= 4 is 5.91 Å². The summed E-state index contributed by atoms with van der Waals surface area (Å²) in [6, 6.07) is 4.78. The van der Waals surface area contributed by atoms with E-state index in [2.05, 4.69) is 5.32 Å². The Balaban J connectivity index is 2.16. The van der Waals surface area contributed by atoms with Crippen molar-refractivity contribution in [3.05, 3.63) is 29.3 Å². The summed E-state index contributed by atoms with van der Waals surface area (Å²) in [7, 11) is 0. The molecule has 0 atom stereocenters. The molecule has 4 nitrogen and oxygen atoms in total. The van der Waals surface area contributed by atoms with E-state index in [1.165, 1.54) is 6.07 Å². The lowest BCUT2D eigenvalue weighted by molar-refractivity contribution is 0.0902. The molecule has 98 valence electrons. The predicted octanol–water partition coefficient (Wildman–Crippen LogP) is 1.70. The van der Waals surface area contributed by atoms with Crippen LogP contribution in [0, 0.1) is 6.92 Å². The zero-order chi connectivity index (χ0) is 13.2. The highest BCUT2D eigenvalue weighted by molar-refractivity contribution is 5.96. The van der Waals surface area contributed by atoms with Gasteiger partial charge in [0.1, 0.15) is 5.75 Å². The SMILES string of the molecule is Cc1cc(O)ccc1C(=O)NC1(CN)CCCC1. The number of benzene rings is 1. The molecule has 4 N–H and O–H groups in total. The van der Waals surface area contributed by atoms with Gasteiger partial charge in [0.05, 0.1) is 5.54 Å². The average molecular weight is 248 g/mol. The molecule has 0 aliphatic heterocycles. The van der Waals surface area contributed by atoms with Gasteiger partial charge in [-0.15, -0.1) is 0 Å². The standard InChI is InChI=1S/C14H20N2O2/c1-10-8-11(17)4-5-12(10)13(18)16-14(9-15)6-2-3-7-14/h4-5,8,17H,2-3,6-7,9,15H2,1H3,(H,16,18). The van der Waals surface area contributed by atoms with Crippen LogP contribution in [0.2, 0.25) is 0 Å². The van der Waals surface area contributed by atoms with E-state index in [1.54, 1.807) is 12.1 Å². The van der Waals surface area contributed by atoms with Gasteiger partial charge in [0.25, 0.3) is 5.91 Å². The molecule has 0 radical (unpaired) electrons. The van der Waals surface area contributed by atoms with Crippen molar-refractivity contribution < 1.29 is 9.90 Å². The number of carbonyl (C=O) groups excluding carboxylic acids is 1. The Morgan fingerprint density at radius 2 is 2.11 bits per heavy atom. The van der Waals surface area contributed by atoms with Crippen LogP contribution >= 0.6 is 0 Å². The van der Waals surface area contributed by atoms with Crippen LogP contribution in [0.25, 0.3) is 0 Å². The first kappa shape index (κ1) is 12.9. The number of aromatic hydroxyl groups is 1. The Morgan fingerprint density at radius 3 is 2.67 bits per heavy atom. The van der Waals surface area contributed by atoms with E-state index in [0.717, 1.165) is 31.2 Å². The first-order valence-corrected chi connectivity index (χ1v) is 6.38. The number of carbonyl (C=O) groups is 1. The number of rotatable bonds is 3. The van der Waals surface area contributed by atoms with Crippen LogP contribution in [0.5, 0.6) is 5.75 Å². The Bertz CT molecular complexity index is 451. The van der Waals surface area contributed by atoms with Gasteiger partial charge in [-0.1, -0.05) is 12.8 Å². The van der Waals surface area contributed by atoms with Crippen molar-refractivity contribution in [1.82, 2.24) is 5.32 Å². The molecule has 1 aliphatic rings. The van der Waals surface area contributed by atoms with E-state index >= 15 is 0 Å². The molecule has 4 heteroatoms. The second kappa shape index (κ2) is 4.98. The Hall–Kier alpha value is -1.55. The zero-order valence-corrected chi connectivity index (χ0v) is 10.7. The second-order valence-corrected chi connectivity index (χ2v) is 5.14. The molecule has 0 unspecified atom stereocenters. The van der Waals surface area contributed by atoms with Crippen LogP contribution in [-0.4, -0.2) is 23.1 Å². The normalized spacial score (nSPS) is 17.7. The van der Waals surface area contributed by atoms with Gasteiger partial charge in [0, 0.05) is 12.1 Å². The summed E-state index contributed by atoms with van der Waals surface area (Å²) in [5.41, 5.74) is 6.95. The van der Waals surface area contributed by atoms with Gasteiger partial charge < -0.3 is 16.2 Å². The van der Waals surface area contributed by atoms with E-state index in [4.69, 9.17) is 5.73 Å². The van der Waals surface area contributed by atoms with Gasteiger partial charge in [0.2, 0.25) is 0 Å². The van der Waals surface area contributed by atoms with Gasteiger partial charge >= 0.3 is 0 Å². The molecule has 1 aromatic carbocycles. The third kappa shape index (κ3) is 2.48. The highest BCUT2D eigenvalue weighted by Gasteiger charge is 2.34. The number of aryl methyl sites for hydroxylation is 1. The molecular weight excluding hydrogens is 228 g/mol. The third-order valence-corrected chi connectivity index (χ3v) is 3.78. The minimum atomic E-state index is -0.235. The molecule has 0 aromatic heterocycles. The van der Waals surface area contributed by atoms with Crippen LogP contribution in [0.3, 0.4) is 0 Å². The van der Waals surface area contributed by atoms with Crippen molar-refractivity contribution in [2.45, 2.75) is 38.1 Å². The number of hydrogen-bond donors (Lipinski definition) is 3. The van der Waals surface area contributed by atoms with E-state index in [-0.39, 0.29) is 17.2 Å². The maximum absolute atomic E-state index is 12.2. The van der Waals surface area contributed by atoms with Crippen LogP contribution in [0.15, 0.2) is 18.2 Å². The van der Waals surface area contributed by atoms with Crippen molar-refractivity contribution in [3.8, 4) is 5.75 Å². The summed E-state index contributed by atoms with van der Waals surface area (Å²) in [5, 5.41) is 12.4. The van der Waals surface area contributed by atoms with E-state index in [9.17, 15) is 9.90 Å². The quantitative estimate of drug-likeness (QED) is 0.762. The fourth-order valence-electron chi connectivity index (χ4n) is 2.64. The van der Waals surface area contributed by atoms with Gasteiger partial charge in [-0.3, -0.25) is 4.79 Å². The molecule has 18 heavy (non-hydrogen) atoms. The summed E-state index contributed by atoms with van der Waals surface area (Å²) in [5.74, 6) is 0.0818. The van der Waals surface area contributed by atoms with Gasteiger partial charge in [0.15, 0.2) is 0 Å². The van der Waals surface area contributed by atoms with Crippen LogP contribution in [0.4, 0.5) is 0 Å². The average Bonchev–Trinajstić information content (AvgIpc) is 2.78. The number of nitrogens with two attached hydrogens (primary N) is 1. The number of hydrogen-bond acceptors (Lipinski definition) is 3. The van der Waals surface area contributed by atoms with E-state index in [0.29, 0.717) is 12.1 Å². The topological polar surface area (TPSA) is 75.3 Å². The van der Waals surface area contributed by atoms with Crippen LogP contribution in [0.1, 0.15) is 41.6 Å². The minimum Gasteiger partial charge on any atom is -0.508 e. The van der Waals surface area contributed by atoms with Crippen molar-refractivity contribution in [2.24, 2.45) is 5.73 Å². The summed E-state index contributed by atoms with van der Waals surface area (Å²) >= 11 is 0. The first-order valence-electron chi connectivity index (χ1n) is 6.38. The molecule has 0 saturated heterocycles. The number of amides is 1. The molecule has 1 amide bonds. The lowest BCUT2D eigenvalue weighted by atomic mass is 9.96. The number of phenolic OH excluding ortho intramolecular Hbond substituents is 1. The Labute approximate surface area is 107 Å². The fraction of sp³-hybridized carbons (Fsp3) is 0.500. The summed E-state index contributed by atoms with van der Waals surface area (Å²) in [6.07, 6.45) is 4.14. The monoisotopic (exact) mass is 248 g/mol. The fourth-order valence-corrected chi connectivity index (χ4v) is 2.64. The maximum atomic E-state index is 12.2. The van der Waals surface area contributed by atoms with Gasteiger partial charge in [-0.25, -0.2) is 0 Å². The largest absolute Gasteiger partial charge is 0.508 e. The molecular formula is C14H20N2O2.